The summed E-state index contributed by atoms with van der Waals surface area (Å²) >= 11 is 0. The Balaban J connectivity index is 1.92. The second-order valence-electron chi connectivity index (χ2n) is 5.68. The van der Waals surface area contributed by atoms with Gasteiger partial charge in [-0.05, 0) is 12.2 Å². The molecule has 3 rings (SSSR count). The molecule has 0 fully saturated rings. The standard InChI is InChI=1S/C17H19N3O6S/c1-24-13-9-11(10-14(25-2)15(13)26-3)18-17(21)12-5-4-6-20-7-8-27(22,23)19-16(12)20/h4-6,9-10H,7-8H2,1-3H3,(H,18,21). The van der Waals surface area contributed by atoms with Gasteiger partial charge >= 0.3 is 0 Å². The van der Waals surface area contributed by atoms with E-state index in [4.69, 9.17) is 14.2 Å². The minimum absolute atomic E-state index is 0.0946. The number of amidine groups is 1. The van der Waals surface area contributed by atoms with Crippen LogP contribution in [-0.2, 0) is 14.8 Å². The molecule has 2 aliphatic rings. The summed E-state index contributed by atoms with van der Waals surface area (Å²) in [6, 6.07) is 3.16. The molecule has 1 N–H and O–H groups in total. The maximum Gasteiger partial charge on any atom is 0.259 e. The van der Waals surface area contributed by atoms with Crippen molar-refractivity contribution in [2.75, 3.05) is 38.9 Å². The van der Waals surface area contributed by atoms with Crippen LogP contribution in [0.2, 0.25) is 0 Å². The first-order valence-electron chi connectivity index (χ1n) is 7.98. The van der Waals surface area contributed by atoms with E-state index in [1.807, 2.05) is 0 Å². The zero-order valence-electron chi connectivity index (χ0n) is 15.1. The van der Waals surface area contributed by atoms with Crippen molar-refractivity contribution in [1.29, 1.82) is 0 Å². The van der Waals surface area contributed by atoms with E-state index in [0.717, 1.165) is 0 Å². The fraction of sp³-hybridized carbons (Fsp3) is 0.294. The van der Waals surface area contributed by atoms with Crippen LogP contribution in [0.3, 0.4) is 0 Å². The number of nitrogens with zero attached hydrogens (tertiary/aromatic N) is 2. The molecule has 0 spiro atoms. The topological polar surface area (TPSA) is 107 Å². The fourth-order valence-corrected chi connectivity index (χ4v) is 3.73. The lowest BCUT2D eigenvalue weighted by Crippen LogP contribution is -2.40. The maximum atomic E-state index is 12.8. The number of carbonyl (C=O) groups excluding carboxylic acids is 1. The molecule has 27 heavy (non-hydrogen) atoms. The molecule has 0 bridgehead atoms. The van der Waals surface area contributed by atoms with Crippen LogP contribution in [0.4, 0.5) is 5.69 Å². The number of benzene rings is 1. The van der Waals surface area contributed by atoms with Gasteiger partial charge in [-0.1, -0.05) is 0 Å². The van der Waals surface area contributed by atoms with Gasteiger partial charge in [0.15, 0.2) is 17.3 Å². The van der Waals surface area contributed by atoms with Crippen LogP contribution in [0, 0.1) is 0 Å². The van der Waals surface area contributed by atoms with Gasteiger partial charge in [0.2, 0.25) is 5.75 Å². The second kappa shape index (κ2) is 7.31. The van der Waals surface area contributed by atoms with Crippen molar-refractivity contribution in [3.05, 3.63) is 36.1 Å². The van der Waals surface area contributed by atoms with Crippen LogP contribution in [0.15, 0.2) is 40.5 Å². The predicted molar refractivity (Wildman–Crippen MR) is 99.9 cm³/mol. The lowest BCUT2D eigenvalue weighted by atomic mass is 10.1. The number of fused-ring (bicyclic) bond motifs is 1. The highest BCUT2D eigenvalue weighted by molar-refractivity contribution is 7.90. The number of hydrogen-bond donors (Lipinski definition) is 1. The fourth-order valence-electron chi connectivity index (χ4n) is 2.75. The van der Waals surface area contributed by atoms with Crippen LogP contribution in [0.5, 0.6) is 17.2 Å². The Morgan fingerprint density at radius 2 is 1.81 bits per heavy atom. The number of sulfonamides is 1. The average Bonchev–Trinajstić information content (AvgIpc) is 2.65. The molecular formula is C17H19N3O6S. The SMILES string of the molecule is COc1cc(NC(=O)C2=CC=CN3CCS(=O)(=O)N=C23)cc(OC)c1OC. The van der Waals surface area contributed by atoms with Gasteiger partial charge in [0.05, 0.1) is 32.7 Å². The van der Waals surface area contributed by atoms with Crippen LogP contribution >= 0.6 is 0 Å². The van der Waals surface area contributed by atoms with Crippen LogP contribution in [0.1, 0.15) is 0 Å². The number of anilines is 1. The Hall–Kier alpha value is -3.01. The van der Waals surface area contributed by atoms with Crippen molar-refractivity contribution < 1.29 is 27.4 Å². The highest BCUT2D eigenvalue weighted by Gasteiger charge is 2.30. The number of allylic oxidation sites excluding steroid dienone is 2. The highest BCUT2D eigenvalue weighted by Crippen LogP contribution is 2.40. The monoisotopic (exact) mass is 393 g/mol. The second-order valence-corrected chi connectivity index (χ2v) is 7.44. The lowest BCUT2D eigenvalue weighted by Gasteiger charge is -2.28. The van der Waals surface area contributed by atoms with Gasteiger partial charge in [0.25, 0.3) is 15.9 Å². The number of ether oxygens (including phenoxy) is 3. The third kappa shape index (κ3) is 3.75. The summed E-state index contributed by atoms with van der Waals surface area (Å²) in [6.07, 6.45) is 4.87. The Labute approximate surface area is 157 Å². The number of carbonyl (C=O) groups is 1. The number of nitrogens with one attached hydrogen (secondary N) is 1. The molecule has 0 saturated heterocycles. The van der Waals surface area contributed by atoms with E-state index >= 15 is 0 Å². The smallest absolute Gasteiger partial charge is 0.259 e. The Morgan fingerprint density at radius 3 is 2.41 bits per heavy atom. The Bertz CT molecular complexity index is 940. The van der Waals surface area contributed by atoms with E-state index in [9.17, 15) is 13.2 Å². The normalized spacial score (nSPS) is 17.4. The van der Waals surface area contributed by atoms with Gasteiger partial charge in [-0.3, -0.25) is 4.79 Å². The minimum Gasteiger partial charge on any atom is -0.493 e. The van der Waals surface area contributed by atoms with Crippen LogP contribution in [-0.4, -0.2) is 58.7 Å². The third-order valence-corrected chi connectivity index (χ3v) is 5.17. The number of hydrogen-bond acceptors (Lipinski definition) is 7. The number of methoxy groups -OCH3 is 3. The molecule has 0 saturated carbocycles. The average molecular weight is 393 g/mol. The number of amides is 1. The summed E-state index contributed by atoms with van der Waals surface area (Å²) in [5, 5.41) is 2.71. The molecule has 2 aliphatic heterocycles. The molecule has 144 valence electrons. The maximum absolute atomic E-state index is 12.8. The van der Waals surface area contributed by atoms with Crippen molar-refractivity contribution in [2.45, 2.75) is 0 Å². The van der Waals surface area contributed by atoms with E-state index in [0.29, 0.717) is 22.9 Å². The van der Waals surface area contributed by atoms with Gasteiger partial charge in [0, 0.05) is 30.6 Å². The van der Waals surface area contributed by atoms with E-state index in [1.54, 1.807) is 29.3 Å². The Kier molecular flexibility index (Phi) is 5.08. The van der Waals surface area contributed by atoms with E-state index in [-0.39, 0.29) is 23.7 Å². The molecule has 0 unspecified atom stereocenters. The first kappa shape index (κ1) is 18.8. The van der Waals surface area contributed by atoms with Crippen LogP contribution in [0.25, 0.3) is 0 Å². The first-order valence-corrected chi connectivity index (χ1v) is 9.59. The molecule has 0 radical (unpaired) electrons. The minimum atomic E-state index is -3.59. The highest BCUT2D eigenvalue weighted by atomic mass is 32.2. The quantitative estimate of drug-likeness (QED) is 0.800. The molecule has 1 aromatic carbocycles. The van der Waals surface area contributed by atoms with E-state index < -0.39 is 15.9 Å². The molecular weight excluding hydrogens is 374 g/mol. The summed E-state index contributed by atoms with van der Waals surface area (Å²) in [6.45, 7) is 0.243. The molecule has 2 heterocycles. The van der Waals surface area contributed by atoms with Gasteiger partial charge in [0.1, 0.15) is 0 Å². The van der Waals surface area contributed by atoms with Gasteiger partial charge in [-0.15, -0.1) is 4.40 Å². The zero-order chi connectivity index (χ0) is 19.6. The van der Waals surface area contributed by atoms with Crippen molar-refractivity contribution in [1.82, 2.24) is 4.90 Å². The van der Waals surface area contributed by atoms with E-state index in [1.165, 1.54) is 27.4 Å². The summed E-state index contributed by atoms with van der Waals surface area (Å²) in [5.41, 5.74) is 0.547. The third-order valence-electron chi connectivity index (χ3n) is 4.02. The summed E-state index contributed by atoms with van der Waals surface area (Å²) in [5.74, 6) is 0.658. The molecule has 0 atom stereocenters. The van der Waals surface area contributed by atoms with Gasteiger partial charge in [-0.2, -0.15) is 0 Å². The van der Waals surface area contributed by atoms with Gasteiger partial charge < -0.3 is 24.4 Å². The largest absolute Gasteiger partial charge is 0.493 e. The Morgan fingerprint density at radius 1 is 1.15 bits per heavy atom. The van der Waals surface area contributed by atoms with Crippen molar-refractivity contribution in [2.24, 2.45) is 4.40 Å². The summed E-state index contributed by atoms with van der Waals surface area (Å²) < 4.78 is 43.2. The first-order chi connectivity index (χ1) is 12.9. The molecule has 1 aromatic rings. The molecule has 1 amide bonds. The molecule has 9 nitrogen and oxygen atoms in total. The summed E-state index contributed by atoms with van der Waals surface area (Å²) in [7, 11) is 0.831. The molecule has 10 heteroatoms. The van der Waals surface area contributed by atoms with Crippen molar-refractivity contribution >= 4 is 27.5 Å². The zero-order valence-corrected chi connectivity index (χ0v) is 15.9. The molecule has 0 aromatic heterocycles. The lowest BCUT2D eigenvalue weighted by molar-refractivity contribution is -0.112. The van der Waals surface area contributed by atoms with E-state index in [2.05, 4.69) is 9.71 Å². The van der Waals surface area contributed by atoms with Crippen molar-refractivity contribution in [3.63, 3.8) is 0 Å². The predicted octanol–water partition coefficient (Wildman–Crippen LogP) is 1.15. The van der Waals surface area contributed by atoms with Gasteiger partial charge in [-0.25, -0.2) is 8.42 Å². The molecule has 0 aliphatic carbocycles. The summed E-state index contributed by atoms with van der Waals surface area (Å²) in [4.78, 5) is 14.4. The van der Waals surface area contributed by atoms with Crippen LogP contribution < -0.4 is 19.5 Å². The van der Waals surface area contributed by atoms with Crippen molar-refractivity contribution in [3.8, 4) is 17.2 Å². The number of rotatable bonds is 5.